The van der Waals surface area contributed by atoms with Crippen LogP contribution in [0.4, 0.5) is 26.1 Å². The van der Waals surface area contributed by atoms with Crippen LogP contribution < -0.4 is 10.2 Å². The molecule has 0 saturated heterocycles. The summed E-state index contributed by atoms with van der Waals surface area (Å²) in [6.45, 7) is 0.621. The van der Waals surface area contributed by atoms with Gasteiger partial charge in [-0.1, -0.05) is 24.3 Å². The summed E-state index contributed by atoms with van der Waals surface area (Å²) in [6.07, 6.45) is 4.53. The number of amides is 1. The van der Waals surface area contributed by atoms with Crippen LogP contribution in [-0.2, 0) is 6.42 Å². The molecule has 2 heterocycles. The summed E-state index contributed by atoms with van der Waals surface area (Å²) in [7, 11) is 0. The number of benzene rings is 2. The van der Waals surface area contributed by atoms with Crippen LogP contribution in [0.3, 0.4) is 0 Å². The molecular formula is C20H16F2N4O. The van der Waals surface area contributed by atoms with Gasteiger partial charge in [0.15, 0.2) is 0 Å². The van der Waals surface area contributed by atoms with E-state index >= 15 is 0 Å². The number of hydrogen-bond donors (Lipinski definition) is 1. The van der Waals surface area contributed by atoms with Crippen LogP contribution in [0.5, 0.6) is 0 Å². The average molecular weight is 366 g/mol. The first-order chi connectivity index (χ1) is 13.1. The highest BCUT2D eigenvalue weighted by Crippen LogP contribution is 2.28. The standard InChI is InChI=1S/C20H16F2N4O/c21-15-7-3-8-16(22)18(15)25-20-23-11-14(12-24-20)19(27)26-10-4-6-13-5-1-2-9-17(13)26/h1-3,5,7-9,11-12H,4,6,10H2,(H,23,24,25). The van der Waals surface area contributed by atoms with Gasteiger partial charge in [-0.05, 0) is 36.6 Å². The number of carbonyl (C=O) groups is 1. The van der Waals surface area contributed by atoms with Crippen molar-refractivity contribution in [2.24, 2.45) is 0 Å². The lowest BCUT2D eigenvalue weighted by Crippen LogP contribution is -2.35. The molecule has 1 amide bonds. The van der Waals surface area contributed by atoms with Crippen LogP contribution in [0, 0.1) is 11.6 Å². The van der Waals surface area contributed by atoms with Crippen LogP contribution in [0.15, 0.2) is 54.9 Å². The van der Waals surface area contributed by atoms with E-state index < -0.39 is 11.6 Å². The Morgan fingerprint density at radius 1 is 1.00 bits per heavy atom. The van der Waals surface area contributed by atoms with E-state index in [-0.39, 0.29) is 17.5 Å². The molecule has 0 radical (unpaired) electrons. The Bertz CT molecular complexity index is 971. The van der Waals surface area contributed by atoms with Crippen molar-refractivity contribution in [2.75, 3.05) is 16.8 Å². The Balaban J connectivity index is 1.55. The summed E-state index contributed by atoms with van der Waals surface area (Å²) in [4.78, 5) is 22.6. The molecule has 4 rings (SSSR count). The molecule has 1 aliphatic rings. The molecule has 0 unspecified atom stereocenters. The number of carbonyl (C=O) groups excluding carboxylic acids is 1. The van der Waals surface area contributed by atoms with Gasteiger partial charge in [0, 0.05) is 24.6 Å². The molecule has 3 aromatic rings. The van der Waals surface area contributed by atoms with Crippen LogP contribution in [-0.4, -0.2) is 22.4 Å². The lowest BCUT2D eigenvalue weighted by Gasteiger charge is -2.29. The van der Waals surface area contributed by atoms with Gasteiger partial charge in [-0.25, -0.2) is 18.7 Å². The van der Waals surface area contributed by atoms with Crippen molar-refractivity contribution in [1.82, 2.24) is 9.97 Å². The molecule has 5 nitrogen and oxygen atoms in total. The van der Waals surface area contributed by atoms with Gasteiger partial charge in [-0.2, -0.15) is 0 Å². The molecule has 0 fully saturated rings. The Kier molecular flexibility index (Phi) is 4.50. The lowest BCUT2D eigenvalue weighted by molar-refractivity contribution is 0.0984. The van der Waals surface area contributed by atoms with Crippen molar-refractivity contribution in [3.63, 3.8) is 0 Å². The van der Waals surface area contributed by atoms with Gasteiger partial charge >= 0.3 is 0 Å². The number of hydrogen-bond acceptors (Lipinski definition) is 4. The second-order valence-electron chi connectivity index (χ2n) is 6.21. The zero-order chi connectivity index (χ0) is 18.8. The van der Waals surface area contributed by atoms with Gasteiger partial charge in [0.1, 0.15) is 17.3 Å². The third-order valence-corrected chi connectivity index (χ3v) is 4.45. The predicted octanol–water partition coefficient (Wildman–Crippen LogP) is 4.09. The van der Waals surface area contributed by atoms with E-state index in [4.69, 9.17) is 0 Å². The van der Waals surface area contributed by atoms with Gasteiger partial charge < -0.3 is 10.2 Å². The van der Waals surface area contributed by atoms with Crippen molar-refractivity contribution in [1.29, 1.82) is 0 Å². The minimum Gasteiger partial charge on any atom is -0.319 e. The molecule has 2 aromatic carbocycles. The molecule has 0 bridgehead atoms. The van der Waals surface area contributed by atoms with Gasteiger partial charge in [0.25, 0.3) is 5.91 Å². The lowest BCUT2D eigenvalue weighted by atomic mass is 10.0. The van der Waals surface area contributed by atoms with Crippen molar-refractivity contribution in [3.8, 4) is 0 Å². The fourth-order valence-corrected chi connectivity index (χ4v) is 3.13. The van der Waals surface area contributed by atoms with E-state index in [1.54, 1.807) is 4.90 Å². The summed E-state index contributed by atoms with van der Waals surface area (Å²) in [5.74, 6) is -1.69. The maximum absolute atomic E-state index is 13.7. The predicted molar refractivity (Wildman–Crippen MR) is 98.1 cm³/mol. The highest BCUT2D eigenvalue weighted by molar-refractivity contribution is 6.06. The number of rotatable bonds is 3. The largest absolute Gasteiger partial charge is 0.319 e. The van der Waals surface area contributed by atoms with Crippen LogP contribution in [0.1, 0.15) is 22.3 Å². The minimum atomic E-state index is -0.747. The summed E-state index contributed by atoms with van der Waals surface area (Å²) < 4.78 is 27.4. The Morgan fingerprint density at radius 3 is 2.44 bits per heavy atom. The first kappa shape index (κ1) is 17.1. The van der Waals surface area contributed by atoms with E-state index in [2.05, 4.69) is 15.3 Å². The number of halogens is 2. The topological polar surface area (TPSA) is 58.1 Å². The number of fused-ring (bicyclic) bond motifs is 1. The number of aryl methyl sites for hydroxylation is 1. The molecule has 1 N–H and O–H groups in total. The molecule has 7 heteroatoms. The van der Waals surface area contributed by atoms with Crippen molar-refractivity contribution >= 4 is 23.2 Å². The summed E-state index contributed by atoms with van der Waals surface area (Å²) >= 11 is 0. The van der Waals surface area contributed by atoms with Gasteiger partial charge in [-0.15, -0.1) is 0 Å². The SMILES string of the molecule is O=C(c1cnc(Nc2c(F)cccc2F)nc1)N1CCCc2ccccc21. The number of anilines is 3. The van der Waals surface area contributed by atoms with Crippen molar-refractivity contribution in [2.45, 2.75) is 12.8 Å². The second kappa shape index (κ2) is 7.11. The second-order valence-corrected chi connectivity index (χ2v) is 6.21. The molecule has 0 aliphatic carbocycles. The normalized spacial score (nSPS) is 13.2. The number of aromatic nitrogens is 2. The monoisotopic (exact) mass is 366 g/mol. The first-order valence-electron chi connectivity index (χ1n) is 8.56. The number of para-hydroxylation sites is 2. The van der Waals surface area contributed by atoms with Gasteiger partial charge in [0.2, 0.25) is 5.95 Å². The van der Waals surface area contributed by atoms with Gasteiger partial charge in [-0.3, -0.25) is 4.79 Å². The molecular weight excluding hydrogens is 350 g/mol. The Hall–Kier alpha value is -3.35. The fraction of sp³-hybridized carbons (Fsp3) is 0.150. The van der Waals surface area contributed by atoms with Crippen LogP contribution in [0.2, 0.25) is 0 Å². The fourth-order valence-electron chi connectivity index (χ4n) is 3.13. The Labute approximate surface area is 154 Å². The summed E-state index contributed by atoms with van der Waals surface area (Å²) in [6, 6.07) is 11.3. The Morgan fingerprint density at radius 2 is 1.70 bits per heavy atom. The van der Waals surface area contributed by atoms with E-state index in [1.807, 2.05) is 24.3 Å². The van der Waals surface area contributed by atoms with E-state index in [9.17, 15) is 13.6 Å². The zero-order valence-corrected chi connectivity index (χ0v) is 14.3. The molecule has 0 spiro atoms. The number of nitrogens with zero attached hydrogens (tertiary/aromatic N) is 3. The average Bonchev–Trinajstić information content (AvgIpc) is 2.70. The minimum absolute atomic E-state index is 0.00888. The van der Waals surface area contributed by atoms with Crippen LogP contribution in [0.25, 0.3) is 0 Å². The number of nitrogens with one attached hydrogen (secondary N) is 1. The van der Waals surface area contributed by atoms with E-state index in [0.717, 1.165) is 36.2 Å². The molecule has 0 saturated carbocycles. The molecule has 27 heavy (non-hydrogen) atoms. The molecule has 1 aromatic heterocycles. The van der Waals surface area contributed by atoms with E-state index in [1.165, 1.54) is 18.5 Å². The quantitative estimate of drug-likeness (QED) is 0.758. The van der Waals surface area contributed by atoms with Gasteiger partial charge in [0.05, 0.1) is 5.56 Å². The highest BCUT2D eigenvalue weighted by Gasteiger charge is 2.23. The first-order valence-corrected chi connectivity index (χ1v) is 8.56. The van der Waals surface area contributed by atoms with Crippen molar-refractivity contribution < 1.29 is 13.6 Å². The maximum atomic E-state index is 13.7. The molecule has 1 aliphatic heterocycles. The molecule has 0 atom stereocenters. The third-order valence-electron chi connectivity index (χ3n) is 4.45. The van der Waals surface area contributed by atoms with E-state index in [0.29, 0.717) is 12.1 Å². The zero-order valence-electron chi connectivity index (χ0n) is 14.3. The molecule has 136 valence electrons. The van der Waals surface area contributed by atoms with Crippen molar-refractivity contribution in [3.05, 3.63) is 77.6 Å². The van der Waals surface area contributed by atoms with Crippen LogP contribution >= 0.6 is 0 Å². The smallest absolute Gasteiger partial charge is 0.261 e. The summed E-state index contributed by atoms with van der Waals surface area (Å²) in [5.41, 5.74) is 2.00. The highest BCUT2D eigenvalue weighted by atomic mass is 19.1. The maximum Gasteiger partial charge on any atom is 0.261 e. The summed E-state index contributed by atoms with van der Waals surface area (Å²) in [5, 5.41) is 2.50. The third kappa shape index (κ3) is 3.36.